The Morgan fingerprint density at radius 1 is 1.25 bits per heavy atom. The molecule has 0 radical (unpaired) electrons. The van der Waals surface area contributed by atoms with Crippen LogP contribution >= 0.6 is 34.8 Å². The first kappa shape index (κ1) is 14.1. The Labute approximate surface area is 112 Å². The Kier molecular flexibility index (Phi) is 5.91. The van der Waals surface area contributed by atoms with Crippen LogP contribution in [0.15, 0.2) is 24.3 Å². The summed E-state index contributed by atoms with van der Waals surface area (Å²) < 4.78 is 0. The molecule has 0 bridgehead atoms. The van der Waals surface area contributed by atoms with Crippen LogP contribution < -0.4 is 5.32 Å². The number of hydrogen-bond acceptors (Lipinski definition) is 1. The molecule has 0 aliphatic heterocycles. The van der Waals surface area contributed by atoms with Crippen LogP contribution in [-0.4, -0.2) is 17.3 Å². The summed E-state index contributed by atoms with van der Waals surface area (Å²) in [6, 6.07) is 7.77. The number of nitrogens with one attached hydrogen (secondary N) is 1. The second-order valence-corrected chi connectivity index (χ2v) is 4.86. The van der Waals surface area contributed by atoms with Gasteiger partial charge in [0.25, 0.3) is 0 Å². The third-order valence-corrected chi connectivity index (χ3v) is 4.00. The topological polar surface area (TPSA) is 12.0 Å². The van der Waals surface area contributed by atoms with Gasteiger partial charge >= 0.3 is 0 Å². The number of alkyl halides is 2. The molecule has 0 aliphatic rings. The largest absolute Gasteiger partial charge is 0.305 e. The fourth-order valence-corrected chi connectivity index (χ4v) is 2.45. The highest BCUT2D eigenvalue weighted by atomic mass is 35.5. The van der Waals surface area contributed by atoms with Crippen molar-refractivity contribution in [1.82, 2.24) is 5.32 Å². The molecule has 1 rings (SSSR count). The highest BCUT2D eigenvalue weighted by Gasteiger charge is 2.25. The zero-order chi connectivity index (χ0) is 12.0. The molecule has 1 nitrogen and oxygen atoms in total. The molecular formula is C12H16Cl3N. The van der Waals surface area contributed by atoms with Crippen molar-refractivity contribution in [3.8, 4) is 0 Å². The van der Waals surface area contributed by atoms with E-state index in [1.54, 1.807) is 0 Å². The Balaban J connectivity index is 2.62. The smallest absolute Gasteiger partial charge is 0.0453 e. The Morgan fingerprint density at radius 2 is 1.94 bits per heavy atom. The van der Waals surface area contributed by atoms with Crippen LogP contribution in [-0.2, 0) is 6.54 Å². The van der Waals surface area contributed by atoms with Crippen molar-refractivity contribution in [2.45, 2.75) is 25.4 Å². The van der Waals surface area contributed by atoms with E-state index in [1.165, 1.54) is 0 Å². The monoisotopic (exact) mass is 279 g/mol. The van der Waals surface area contributed by atoms with E-state index >= 15 is 0 Å². The second-order valence-electron chi connectivity index (χ2n) is 3.88. The van der Waals surface area contributed by atoms with E-state index in [2.05, 4.69) is 12.2 Å². The highest BCUT2D eigenvalue weighted by molar-refractivity contribution is 6.30. The lowest BCUT2D eigenvalue weighted by Gasteiger charge is -2.29. The van der Waals surface area contributed by atoms with Gasteiger partial charge in [0.1, 0.15) is 0 Å². The summed E-state index contributed by atoms with van der Waals surface area (Å²) in [5, 5.41) is 4.15. The molecule has 0 fully saturated rings. The molecule has 0 spiro atoms. The van der Waals surface area contributed by atoms with Crippen molar-refractivity contribution in [1.29, 1.82) is 0 Å². The summed E-state index contributed by atoms with van der Waals surface area (Å²) in [7, 11) is 0. The van der Waals surface area contributed by atoms with Gasteiger partial charge in [-0.1, -0.05) is 30.7 Å². The average Bonchev–Trinajstić information content (AvgIpc) is 2.32. The first-order valence-electron chi connectivity index (χ1n) is 5.27. The maximum atomic E-state index is 5.95. The molecular weight excluding hydrogens is 264 g/mol. The van der Waals surface area contributed by atoms with Crippen LogP contribution in [0.4, 0.5) is 0 Å². The normalized spacial score (nSPS) is 11.8. The zero-order valence-corrected chi connectivity index (χ0v) is 11.5. The third kappa shape index (κ3) is 3.81. The van der Waals surface area contributed by atoms with Crippen molar-refractivity contribution in [2.75, 3.05) is 11.8 Å². The van der Waals surface area contributed by atoms with Crippen LogP contribution in [0.3, 0.4) is 0 Å². The lowest BCUT2D eigenvalue weighted by molar-refractivity contribution is 0.385. The van der Waals surface area contributed by atoms with Crippen molar-refractivity contribution in [3.63, 3.8) is 0 Å². The van der Waals surface area contributed by atoms with E-state index in [1.807, 2.05) is 24.3 Å². The molecule has 1 aromatic carbocycles. The second kappa shape index (κ2) is 6.70. The van der Waals surface area contributed by atoms with E-state index < -0.39 is 0 Å². The van der Waals surface area contributed by atoms with Gasteiger partial charge in [-0.3, -0.25) is 0 Å². The maximum absolute atomic E-state index is 5.95. The molecule has 16 heavy (non-hydrogen) atoms. The average molecular weight is 281 g/mol. The molecule has 0 saturated carbocycles. The summed E-state index contributed by atoms with van der Waals surface area (Å²) in [6.45, 7) is 2.81. The van der Waals surface area contributed by atoms with Gasteiger partial charge in [0.05, 0.1) is 0 Å². The Hall–Kier alpha value is 0.0500. The fraction of sp³-hybridized carbons (Fsp3) is 0.500. The minimum absolute atomic E-state index is 0.189. The summed E-state index contributed by atoms with van der Waals surface area (Å²) in [5.41, 5.74) is 0.950. The minimum Gasteiger partial charge on any atom is -0.305 e. The van der Waals surface area contributed by atoms with E-state index in [9.17, 15) is 0 Å². The lowest BCUT2D eigenvalue weighted by atomic mass is 10.0. The third-order valence-electron chi connectivity index (χ3n) is 2.74. The van der Waals surface area contributed by atoms with Crippen molar-refractivity contribution < 1.29 is 0 Å². The van der Waals surface area contributed by atoms with Gasteiger partial charge in [0.2, 0.25) is 0 Å². The molecule has 0 aliphatic carbocycles. The molecule has 0 atom stereocenters. The van der Waals surface area contributed by atoms with E-state index in [4.69, 9.17) is 34.8 Å². The van der Waals surface area contributed by atoms with E-state index in [0.717, 1.165) is 23.6 Å². The number of halogens is 3. The first-order chi connectivity index (χ1) is 7.65. The predicted molar refractivity (Wildman–Crippen MR) is 72.8 cm³/mol. The number of benzene rings is 1. The van der Waals surface area contributed by atoms with Crippen LogP contribution in [0, 0.1) is 0 Å². The zero-order valence-electron chi connectivity index (χ0n) is 9.27. The molecule has 0 saturated heterocycles. The van der Waals surface area contributed by atoms with Crippen LogP contribution in [0.25, 0.3) is 0 Å². The summed E-state index contributed by atoms with van der Waals surface area (Å²) >= 11 is 17.8. The van der Waals surface area contributed by atoms with Gasteiger partial charge in [-0.25, -0.2) is 0 Å². The fourth-order valence-electron chi connectivity index (χ4n) is 1.38. The molecule has 0 unspecified atom stereocenters. The molecule has 1 aromatic rings. The summed E-state index contributed by atoms with van der Waals surface area (Å²) in [4.78, 5) is 0. The van der Waals surface area contributed by atoms with Crippen molar-refractivity contribution in [2.24, 2.45) is 0 Å². The molecule has 0 aromatic heterocycles. The molecule has 0 amide bonds. The standard InChI is InChI=1S/C12H16Cl3N/c1-2-12(8-13,9-14)16-7-10-4-3-5-11(15)6-10/h3-6,16H,2,7-9H2,1H3. The predicted octanol–water partition coefficient (Wildman–Crippen LogP) is 4.06. The van der Waals surface area contributed by atoms with Crippen molar-refractivity contribution in [3.05, 3.63) is 34.9 Å². The van der Waals surface area contributed by atoms with Gasteiger partial charge < -0.3 is 5.32 Å². The SMILES string of the molecule is CCC(CCl)(CCl)NCc1cccc(Cl)c1. The highest BCUT2D eigenvalue weighted by Crippen LogP contribution is 2.17. The van der Waals surface area contributed by atoms with Crippen LogP contribution in [0.5, 0.6) is 0 Å². The van der Waals surface area contributed by atoms with Gasteiger partial charge in [0.15, 0.2) is 0 Å². The molecule has 0 heterocycles. The maximum Gasteiger partial charge on any atom is 0.0453 e. The van der Waals surface area contributed by atoms with Crippen molar-refractivity contribution >= 4 is 34.8 Å². The number of rotatable bonds is 6. The van der Waals surface area contributed by atoms with Crippen LogP contribution in [0.1, 0.15) is 18.9 Å². The van der Waals surface area contributed by atoms with Crippen LogP contribution in [0.2, 0.25) is 5.02 Å². The number of hydrogen-bond donors (Lipinski definition) is 1. The van der Waals surface area contributed by atoms with Gasteiger partial charge in [-0.15, -0.1) is 23.2 Å². The summed E-state index contributed by atoms with van der Waals surface area (Å²) in [6.07, 6.45) is 0.903. The lowest BCUT2D eigenvalue weighted by Crippen LogP contribution is -2.47. The Morgan fingerprint density at radius 3 is 2.44 bits per heavy atom. The summed E-state index contributed by atoms with van der Waals surface area (Å²) in [5.74, 6) is 1.02. The van der Waals surface area contributed by atoms with E-state index in [-0.39, 0.29) is 5.54 Å². The molecule has 4 heteroatoms. The quantitative estimate of drug-likeness (QED) is 0.775. The van der Waals surface area contributed by atoms with Gasteiger partial charge in [-0.05, 0) is 24.1 Å². The Bertz CT molecular complexity index is 316. The van der Waals surface area contributed by atoms with E-state index in [0.29, 0.717) is 11.8 Å². The first-order valence-corrected chi connectivity index (χ1v) is 6.72. The van der Waals surface area contributed by atoms with Gasteiger partial charge in [-0.2, -0.15) is 0 Å². The van der Waals surface area contributed by atoms with Gasteiger partial charge in [0, 0.05) is 28.9 Å². The molecule has 1 N–H and O–H groups in total. The molecule has 90 valence electrons. The minimum atomic E-state index is -0.189.